The number of hydrogen-bond acceptors (Lipinski definition) is 5. The van der Waals surface area contributed by atoms with Crippen LogP contribution in [0.4, 0.5) is 27.7 Å². The third-order valence-electron chi connectivity index (χ3n) is 6.03. The maximum absolute atomic E-state index is 12.6. The Morgan fingerprint density at radius 3 is 2.57 bits per heavy atom. The number of aromatic amines is 1. The third kappa shape index (κ3) is 4.58. The average Bonchev–Trinajstić information content (AvgIpc) is 3.53. The molecule has 1 saturated heterocycles. The SMILES string of the molecule is CC(=O)N(c1ccc(N2CCCC2=O)cc1)c1n[nH]c2c1CN(NC(=O)Nc1ccccc1Cl)C2. The molecule has 10 nitrogen and oxygen atoms in total. The van der Waals surface area contributed by atoms with Crippen molar-refractivity contribution in [1.82, 2.24) is 20.6 Å². The normalized spacial score (nSPS) is 15.3. The number of aromatic nitrogens is 2. The standard InChI is InChI=1S/C24H24ClN7O3/c1-15(33)32(17-10-8-16(9-11-17)31-12-4-7-22(31)34)23-18-13-30(14-21(18)27-28-23)29-24(35)26-20-6-3-2-5-19(20)25/h2-3,5-6,8-11H,4,7,12-14H2,1H3,(H,27,28)(H2,26,29,35). The van der Waals surface area contributed by atoms with Gasteiger partial charge in [0.2, 0.25) is 11.8 Å². The van der Waals surface area contributed by atoms with Gasteiger partial charge in [0, 0.05) is 37.7 Å². The molecule has 0 spiro atoms. The smallest absolute Gasteiger partial charge is 0.312 e. The summed E-state index contributed by atoms with van der Waals surface area (Å²) in [7, 11) is 0. The highest BCUT2D eigenvalue weighted by molar-refractivity contribution is 6.33. The second-order valence-electron chi connectivity index (χ2n) is 8.43. The lowest BCUT2D eigenvalue weighted by molar-refractivity contribution is -0.117. The molecule has 180 valence electrons. The third-order valence-corrected chi connectivity index (χ3v) is 6.36. The van der Waals surface area contributed by atoms with Gasteiger partial charge in [-0.3, -0.25) is 25.0 Å². The number of para-hydroxylation sites is 1. The summed E-state index contributed by atoms with van der Waals surface area (Å²) in [4.78, 5) is 40.4. The number of rotatable bonds is 5. The number of halogens is 1. The summed E-state index contributed by atoms with van der Waals surface area (Å²) in [6.07, 6.45) is 1.40. The predicted octanol–water partition coefficient (Wildman–Crippen LogP) is 3.93. The maximum Gasteiger partial charge on any atom is 0.333 e. The molecule has 3 N–H and O–H groups in total. The molecule has 2 aromatic carbocycles. The van der Waals surface area contributed by atoms with Crippen LogP contribution in [-0.2, 0) is 22.7 Å². The minimum absolute atomic E-state index is 0.109. The van der Waals surface area contributed by atoms with Gasteiger partial charge >= 0.3 is 6.03 Å². The Morgan fingerprint density at radius 1 is 1.11 bits per heavy atom. The summed E-state index contributed by atoms with van der Waals surface area (Å²) < 4.78 is 0. The monoisotopic (exact) mass is 493 g/mol. The van der Waals surface area contributed by atoms with Crippen LogP contribution < -0.4 is 20.5 Å². The highest BCUT2D eigenvalue weighted by Crippen LogP contribution is 2.34. The first-order valence-corrected chi connectivity index (χ1v) is 11.6. The zero-order chi connectivity index (χ0) is 24.5. The first-order valence-electron chi connectivity index (χ1n) is 11.2. The van der Waals surface area contributed by atoms with Crippen LogP contribution in [0.15, 0.2) is 48.5 Å². The van der Waals surface area contributed by atoms with E-state index in [0.29, 0.717) is 48.3 Å². The number of nitrogens with one attached hydrogen (secondary N) is 3. The van der Waals surface area contributed by atoms with Gasteiger partial charge in [-0.2, -0.15) is 5.10 Å². The Hall–Kier alpha value is -3.89. The van der Waals surface area contributed by atoms with Crippen molar-refractivity contribution in [1.29, 1.82) is 0 Å². The summed E-state index contributed by atoms with van der Waals surface area (Å²) in [6.45, 7) is 2.94. The first-order chi connectivity index (χ1) is 16.9. The van der Waals surface area contributed by atoms with Gasteiger partial charge in [0.1, 0.15) is 0 Å². The van der Waals surface area contributed by atoms with Crippen molar-refractivity contribution in [3.05, 3.63) is 64.8 Å². The Morgan fingerprint density at radius 2 is 1.89 bits per heavy atom. The Bertz CT molecular complexity index is 1290. The molecular weight excluding hydrogens is 470 g/mol. The number of hydrazine groups is 1. The molecule has 1 fully saturated rings. The minimum Gasteiger partial charge on any atom is -0.312 e. The van der Waals surface area contributed by atoms with Gasteiger partial charge in [0.15, 0.2) is 5.82 Å². The first kappa shape index (κ1) is 22.9. The number of hydrogen-bond donors (Lipinski definition) is 3. The summed E-state index contributed by atoms with van der Waals surface area (Å²) >= 11 is 6.11. The van der Waals surface area contributed by atoms with Gasteiger partial charge in [-0.15, -0.1) is 0 Å². The number of carbonyl (C=O) groups excluding carboxylic acids is 3. The molecule has 2 aliphatic rings. The number of urea groups is 1. The zero-order valence-corrected chi connectivity index (χ0v) is 19.8. The van der Waals surface area contributed by atoms with E-state index in [0.717, 1.165) is 23.4 Å². The number of amides is 4. The van der Waals surface area contributed by atoms with Crippen LogP contribution in [0, 0.1) is 0 Å². The van der Waals surface area contributed by atoms with Crippen molar-refractivity contribution in [2.45, 2.75) is 32.9 Å². The molecule has 0 radical (unpaired) electrons. The Kier molecular flexibility index (Phi) is 6.14. The number of fused-ring (bicyclic) bond motifs is 1. The largest absolute Gasteiger partial charge is 0.333 e. The number of benzene rings is 2. The number of carbonyl (C=O) groups is 3. The summed E-state index contributed by atoms with van der Waals surface area (Å²) in [5, 5.41) is 12.3. The van der Waals surface area contributed by atoms with Crippen molar-refractivity contribution < 1.29 is 14.4 Å². The molecule has 3 aromatic rings. The molecule has 0 saturated carbocycles. The lowest BCUT2D eigenvalue weighted by atomic mass is 10.2. The van der Waals surface area contributed by atoms with Crippen molar-refractivity contribution in [3.8, 4) is 0 Å². The van der Waals surface area contributed by atoms with Crippen molar-refractivity contribution >= 4 is 52.3 Å². The fraction of sp³-hybridized carbons (Fsp3) is 0.250. The van der Waals surface area contributed by atoms with Gasteiger partial charge < -0.3 is 10.2 Å². The van der Waals surface area contributed by atoms with Gasteiger partial charge in [0.25, 0.3) is 0 Å². The van der Waals surface area contributed by atoms with Crippen LogP contribution in [0.2, 0.25) is 5.02 Å². The van der Waals surface area contributed by atoms with Crippen LogP contribution in [0.25, 0.3) is 0 Å². The molecular formula is C24H24ClN7O3. The molecule has 0 aliphatic carbocycles. The lowest BCUT2D eigenvalue weighted by Gasteiger charge is -2.22. The highest BCUT2D eigenvalue weighted by Gasteiger charge is 2.31. The Balaban J connectivity index is 1.30. The molecule has 0 atom stereocenters. The van der Waals surface area contributed by atoms with Gasteiger partial charge in [0.05, 0.1) is 28.6 Å². The van der Waals surface area contributed by atoms with E-state index in [-0.39, 0.29) is 11.8 Å². The van der Waals surface area contributed by atoms with Crippen molar-refractivity contribution in [2.24, 2.45) is 0 Å². The van der Waals surface area contributed by atoms with Crippen LogP contribution in [0.5, 0.6) is 0 Å². The second-order valence-corrected chi connectivity index (χ2v) is 8.83. The predicted molar refractivity (Wildman–Crippen MR) is 132 cm³/mol. The number of H-pyrrole nitrogens is 1. The van der Waals surface area contributed by atoms with Crippen LogP contribution in [-0.4, -0.2) is 39.6 Å². The summed E-state index contributed by atoms with van der Waals surface area (Å²) in [5.74, 6) is 0.387. The fourth-order valence-corrected chi connectivity index (χ4v) is 4.58. The van der Waals surface area contributed by atoms with E-state index in [1.165, 1.54) is 11.8 Å². The molecule has 0 unspecified atom stereocenters. The molecule has 3 heterocycles. The van der Waals surface area contributed by atoms with Crippen LogP contribution in [0.3, 0.4) is 0 Å². The van der Waals surface area contributed by atoms with E-state index < -0.39 is 6.03 Å². The Labute approximate surface area is 206 Å². The summed E-state index contributed by atoms with van der Waals surface area (Å²) in [6, 6.07) is 13.9. The fourth-order valence-electron chi connectivity index (χ4n) is 4.40. The summed E-state index contributed by atoms with van der Waals surface area (Å²) in [5.41, 5.74) is 6.39. The van der Waals surface area contributed by atoms with Gasteiger partial charge in [-0.05, 0) is 42.8 Å². The van der Waals surface area contributed by atoms with E-state index in [1.807, 2.05) is 24.3 Å². The molecule has 11 heteroatoms. The zero-order valence-electron chi connectivity index (χ0n) is 19.0. The van der Waals surface area contributed by atoms with Gasteiger partial charge in [-0.25, -0.2) is 9.80 Å². The van der Waals surface area contributed by atoms with E-state index in [4.69, 9.17) is 11.6 Å². The molecule has 0 bridgehead atoms. The molecule has 4 amide bonds. The topological polar surface area (TPSA) is 114 Å². The van der Waals surface area contributed by atoms with Crippen molar-refractivity contribution in [2.75, 3.05) is 21.7 Å². The minimum atomic E-state index is -0.423. The lowest BCUT2D eigenvalue weighted by Crippen LogP contribution is -2.41. The number of anilines is 4. The maximum atomic E-state index is 12.6. The van der Waals surface area contributed by atoms with E-state index in [2.05, 4.69) is 20.9 Å². The quantitative estimate of drug-likeness (QED) is 0.498. The van der Waals surface area contributed by atoms with Crippen LogP contribution in [0.1, 0.15) is 31.0 Å². The molecule has 2 aliphatic heterocycles. The van der Waals surface area contributed by atoms with E-state index in [9.17, 15) is 14.4 Å². The molecule has 35 heavy (non-hydrogen) atoms. The van der Waals surface area contributed by atoms with Gasteiger partial charge in [-0.1, -0.05) is 23.7 Å². The van der Waals surface area contributed by atoms with Crippen LogP contribution >= 0.6 is 11.6 Å². The van der Waals surface area contributed by atoms with E-state index >= 15 is 0 Å². The van der Waals surface area contributed by atoms with E-state index in [1.54, 1.807) is 34.2 Å². The number of nitrogens with zero attached hydrogens (tertiary/aromatic N) is 4. The van der Waals surface area contributed by atoms with Crippen molar-refractivity contribution in [3.63, 3.8) is 0 Å². The molecule has 1 aromatic heterocycles. The molecule has 5 rings (SSSR count). The average molecular weight is 494 g/mol. The highest BCUT2D eigenvalue weighted by atomic mass is 35.5. The second kappa shape index (κ2) is 9.40.